The van der Waals surface area contributed by atoms with Gasteiger partial charge >= 0.3 is 0 Å². The average molecular weight is 291 g/mol. The Labute approximate surface area is 130 Å². The predicted octanol–water partition coefficient (Wildman–Crippen LogP) is 3.32. The van der Waals surface area contributed by atoms with Crippen molar-refractivity contribution in [3.05, 3.63) is 72.1 Å². The molecule has 0 N–H and O–H groups in total. The lowest BCUT2D eigenvalue weighted by atomic mass is 10.1. The SMILES string of the molecule is COc1cc(CN2C=CN(c3ccccc3)C2)ccc1C#N. The van der Waals surface area contributed by atoms with Gasteiger partial charge in [-0.3, -0.25) is 0 Å². The average Bonchev–Trinajstić information content (AvgIpc) is 3.04. The molecule has 22 heavy (non-hydrogen) atoms. The molecule has 0 radical (unpaired) electrons. The van der Waals surface area contributed by atoms with Gasteiger partial charge in [-0.1, -0.05) is 24.3 Å². The first kappa shape index (κ1) is 14.0. The van der Waals surface area contributed by atoms with Crippen LogP contribution in [0.5, 0.6) is 5.75 Å². The van der Waals surface area contributed by atoms with Crippen molar-refractivity contribution in [1.82, 2.24) is 4.90 Å². The number of rotatable bonds is 4. The van der Waals surface area contributed by atoms with Crippen LogP contribution in [0.4, 0.5) is 5.69 Å². The third-order valence-electron chi connectivity index (χ3n) is 3.65. The molecule has 0 fully saturated rings. The number of hydrogen-bond donors (Lipinski definition) is 0. The topological polar surface area (TPSA) is 39.5 Å². The molecular formula is C18H17N3O. The second kappa shape index (κ2) is 6.23. The predicted molar refractivity (Wildman–Crippen MR) is 86.2 cm³/mol. The highest BCUT2D eigenvalue weighted by Gasteiger charge is 2.14. The monoisotopic (exact) mass is 291 g/mol. The summed E-state index contributed by atoms with van der Waals surface area (Å²) in [6.07, 6.45) is 4.16. The molecule has 0 aromatic heterocycles. The molecule has 1 heterocycles. The van der Waals surface area contributed by atoms with Crippen LogP contribution in [0.15, 0.2) is 60.9 Å². The third kappa shape index (κ3) is 2.89. The van der Waals surface area contributed by atoms with Crippen molar-refractivity contribution in [2.45, 2.75) is 6.54 Å². The summed E-state index contributed by atoms with van der Waals surface area (Å²) in [5.74, 6) is 0.628. The fourth-order valence-corrected chi connectivity index (χ4v) is 2.52. The van der Waals surface area contributed by atoms with Crippen LogP contribution in [0, 0.1) is 11.3 Å². The van der Waals surface area contributed by atoms with E-state index in [9.17, 15) is 0 Å². The molecule has 4 heteroatoms. The minimum atomic E-state index is 0.564. The van der Waals surface area contributed by atoms with Gasteiger partial charge in [0.1, 0.15) is 11.8 Å². The molecule has 0 amide bonds. The molecule has 3 rings (SSSR count). The van der Waals surface area contributed by atoms with Gasteiger partial charge in [0, 0.05) is 24.6 Å². The second-order valence-electron chi connectivity index (χ2n) is 5.14. The molecule has 0 spiro atoms. The molecule has 0 aliphatic carbocycles. The minimum Gasteiger partial charge on any atom is -0.495 e. The molecule has 0 unspecified atom stereocenters. The standard InChI is InChI=1S/C18H17N3O/c1-22-18-11-15(7-8-16(18)12-19)13-20-9-10-21(14-20)17-5-3-2-4-6-17/h2-11H,13-14H2,1H3. The van der Waals surface area contributed by atoms with E-state index in [-0.39, 0.29) is 0 Å². The first-order chi connectivity index (χ1) is 10.8. The van der Waals surface area contributed by atoms with Crippen LogP contribution in [0.1, 0.15) is 11.1 Å². The maximum Gasteiger partial charge on any atom is 0.136 e. The van der Waals surface area contributed by atoms with Gasteiger partial charge in [-0.25, -0.2) is 0 Å². The van der Waals surface area contributed by atoms with E-state index in [2.05, 4.69) is 40.4 Å². The summed E-state index contributed by atoms with van der Waals surface area (Å²) in [6, 6.07) is 18.1. The Morgan fingerprint density at radius 3 is 2.68 bits per heavy atom. The molecular weight excluding hydrogens is 274 g/mol. The summed E-state index contributed by atoms with van der Waals surface area (Å²) in [5, 5.41) is 9.03. The minimum absolute atomic E-state index is 0.564. The van der Waals surface area contributed by atoms with Gasteiger partial charge in [0.05, 0.1) is 19.3 Å². The van der Waals surface area contributed by atoms with Crippen molar-refractivity contribution < 1.29 is 4.74 Å². The smallest absolute Gasteiger partial charge is 0.136 e. The van der Waals surface area contributed by atoms with Crippen LogP contribution in [-0.4, -0.2) is 18.7 Å². The fourth-order valence-electron chi connectivity index (χ4n) is 2.52. The molecule has 2 aromatic carbocycles. The number of hydrogen-bond acceptors (Lipinski definition) is 4. The number of ether oxygens (including phenoxy) is 1. The van der Waals surface area contributed by atoms with Gasteiger partial charge in [-0.15, -0.1) is 0 Å². The Kier molecular flexibility index (Phi) is 3.97. The quantitative estimate of drug-likeness (QED) is 0.866. The van der Waals surface area contributed by atoms with E-state index < -0.39 is 0 Å². The molecule has 1 aliphatic rings. The number of para-hydroxylation sites is 1. The Bertz CT molecular complexity index is 719. The van der Waals surface area contributed by atoms with Crippen LogP contribution < -0.4 is 9.64 Å². The normalized spacial score (nSPS) is 13.3. The van der Waals surface area contributed by atoms with E-state index in [0.29, 0.717) is 11.3 Å². The van der Waals surface area contributed by atoms with Crippen LogP contribution in [0.3, 0.4) is 0 Å². The zero-order valence-electron chi connectivity index (χ0n) is 12.4. The molecule has 0 saturated heterocycles. The van der Waals surface area contributed by atoms with E-state index in [1.807, 2.05) is 36.4 Å². The van der Waals surface area contributed by atoms with Gasteiger partial charge < -0.3 is 14.5 Å². The lowest BCUT2D eigenvalue weighted by Crippen LogP contribution is -2.24. The van der Waals surface area contributed by atoms with E-state index in [1.54, 1.807) is 7.11 Å². The van der Waals surface area contributed by atoms with E-state index >= 15 is 0 Å². The van der Waals surface area contributed by atoms with Crippen molar-refractivity contribution in [3.63, 3.8) is 0 Å². The number of benzene rings is 2. The summed E-state index contributed by atoms with van der Waals surface area (Å²) in [6.45, 7) is 1.59. The lowest BCUT2D eigenvalue weighted by Gasteiger charge is -2.21. The summed E-state index contributed by atoms with van der Waals surface area (Å²) in [7, 11) is 1.59. The van der Waals surface area contributed by atoms with Crippen LogP contribution >= 0.6 is 0 Å². The highest BCUT2D eigenvalue weighted by atomic mass is 16.5. The van der Waals surface area contributed by atoms with Gasteiger partial charge in [0.15, 0.2) is 0 Å². The van der Waals surface area contributed by atoms with Gasteiger partial charge in [0.2, 0.25) is 0 Å². The van der Waals surface area contributed by atoms with Gasteiger partial charge in [-0.05, 0) is 29.8 Å². The summed E-state index contributed by atoms with van der Waals surface area (Å²) < 4.78 is 5.26. The summed E-state index contributed by atoms with van der Waals surface area (Å²) in [5.41, 5.74) is 2.86. The molecule has 4 nitrogen and oxygen atoms in total. The molecule has 0 saturated carbocycles. The van der Waals surface area contributed by atoms with Crippen molar-refractivity contribution in [2.24, 2.45) is 0 Å². The van der Waals surface area contributed by atoms with Crippen LogP contribution in [-0.2, 0) is 6.54 Å². The first-order valence-electron chi connectivity index (χ1n) is 7.11. The lowest BCUT2D eigenvalue weighted by molar-refractivity contribution is 0.393. The number of methoxy groups -OCH3 is 1. The Morgan fingerprint density at radius 2 is 1.95 bits per heavy atom. The number of nitrogens with zero attached hydrogens (tertiary/aromatic N) is 3. The zero-order valence-corrected chi connectivity index (χ0v) is 12.4. The largest absolute Gasteiger partial charge is 0.495 e. The number of nitriles is 1. The Hall–Kier alpha value is -2.93. The van der Waals surface area contributed by atoms with Crippen molar-refractivity contribution >= 4 is 5.69 Å². The zero-order chi connectivity index (χ0) is 15.4. The van der Waals surface area contributed by atoms with E-state index in [1.165, 1.54) is 5.69 Å². The highest BCUT2D eigenvalue weighted by Crippen LogP contribution is 2.23. The highest BCUT2D eigenvalue weighted by molar-refractivity contribution is 5.50. The maximum atomic E-state index is 9.03. The summed E-state index contributed by atoms with van der Waals surface area (Å²) in [4.78, 5) is 4.41. The van der Waals surface area contributed by atoms with Crippen LogP contribution in [0.2, 0.25) is 0 Å². The van der Waals surface area contributed by atoms with Gasteiger partial charge in [0.25, 0.3) is 0 Å². The Morgan fingerprint density at radius 1 is 1.14 bits per heavy atom. The Balaban J connectivity index is 1.68. The van der Waals surface area contributed by atoms with Gasteiger partial charge in [-0.2, -0.15) is 5.26 Å². The summed E-state index contributed by atoms with van der Waals surface area (Å²) >= 11 is 0. The third-order valence-corrected chi connectivity index (χ3v) is 3.65. The molecule has 110 valence electrons. The first-order valence-corrected chi connectivity index (χ1v) is 7.11. The molecule has 2 aromatic rings. The fraction of sp³-hybridized carbons (Fsp3) is 0.167. The molecule has 0 bridgehead atoms. The number of anilines is 1. The van der Waals surface area contributed by atoms with E-state index in [4.69, 9.17) is 10.00 Å². The van der Waals surface area contributed by atoms with Crippen molar-refractivity contribution in [1.29, 1.82) is 5.26 Å². The molecule has 1 aliphatic heterocycles. The maximum absolute atomic E-state index is 9.03. The van der Waals surface area contributed by atoms with E-state index in [0.717, 1.165) is 18.8 Å². The van der Waals surface area contributed by atoms with Crippen molar-refractivity contribution in [2.75, 3.05) is 18.7 Å². The van der Waals surface area contributed by atoms with Crippen LogP contribution in [0.25, 0.3) is 0 Å². The second-order valence-corrected chi connectivity index (χ2v) is 5.14. The van der Waals surface area contributed by atoms with Crippen molar-refractivity contribution in [3.8, 4) is 11.8 Å². The molecule has 0 atom stereocenters.